The fourth-order valence-corrected chi connectivity index (χ4v) is 1.37. The topological polar surface area (TPSA) is 56.7 Å². The third-order valence-electron chi connectivity index (χ3n) is 2.17. The number of hydrogen-bond acceptors (Lipinski definition) is 3. The van der Waals surface area contributed by atoms with E-state index >= 15 is 0 Å². The lowest BCUT2D eigenvalue weighted by Crippen LogP contribution is -2.03. The number of aryl methyl sites for hydroxylation is 1. The maximum atomic E-state index is 13.0. The Morgan fingerprint density at radius 2 is 2.27 bits per heavy atom. The van der Waals surface area contributed by atoms with E-state index in [1.54, 1.807) is 12.1 Å². The Bertz CT molecular complexity index is 478. The van der Waals surface area contributed by atoms with E-state index in [2.05, 4.69) is 10.3 Å². The second-order valence-corrected chi connectivity index (χ2v) is 3.17. The van der Waals surface area contributed by atoms with Gasteiger partial charge < -0.3 is 5.73 Å². The number of aromatic nitrogens is 3. The largest absolute Gasteiger partial charge is 0.382 e. The van der Waals surface area contributed by atoms with Gasteiger partial charge in [0.2, 0.25) is 0 Å². The molecule has 0 aliphatic carbocycles. The van der Waals surface area contributed by atoms with Gasteiger partial charge in [-0.15, -0.1) is 5.10 Å². The molecular weight excluding hydrogens is 195 g/mol. The molecule has 0 amide bonds. The first kappa shape index (κ1) is 9.64. The number of benzene rings is 1. The van der Waals surface area contributed by atoms with Crippen LogP contribution in [0.1, 0.15) is 12.6 Å². The van der Waals surface area contributed by atoms with Gasteiger partial charge in [-0.2, -0.15) is 4.68 Å². The molecule has 2 rings (SSSR count). The average Bonchev–Trinajstić information content (AvgIpc) is 2.59. The predicted molar refractivity (Wildman–Crippen MR) is 55.1 cm³/mol. The molecule has 2 N–H and O–H groups in total. The lowest BCUT2D eigenvalue weighted by molar-refractivity contribution is 0.625. The van der Waals surface area contributed by atoms with Gasteiger partial charge in [0.05, 0.1) is 5.69 Å². The second-order valence-electron chi connectivity index (χ2n) is 3.17. The normalized spacial score (nSPS) is 10.5. The predicted octanol–water partition coefficient (Wildman–Crippen LogP) is 1.55. The lowest BCUT2D eigenvalue weighted by atomic mass is 10.3. The van der Waals surface area contributed by atoms with Crippen LogP contribution >= 0.6 is 0 Å². The molecule has 0 bridgehead atoms. The smallest absolute Gasteiger partial charge is 0.151 e. The van der Waals surface area contributed by atoms with Crippen LogP contribution in [0, 0.1) is 5.82 Å². The molecule has 0 saturated heterocycles. The number of nitrogen functional groups attached to an aromatic ring is 1. The molecule has 1 aromatic carbocycles. The van der Waals surface area contributed by atoms with E-state index in [4.69, 9.17) is 5.73 Å². The van der Waals surface area contributed by atoms with Crippen LogP contribution in [-0.2, 0) is 6.42 Å². The minimum atomic E-state index is -0.319. The third-order valence-corrected chi connectivity index (χ3v) is 2.17. The zero-order valence-corrected chi connectivity index (χ0v) is 8.31. The summed E-state index contributed by atoms with van der Waals surface area (Å²) in [4.78, 5) is 0. The summed E-state index contributed by atoms with van der Waals surface area (Å²) in [5.41, 5.74) is 7.12. The first-order valence-corrected chi connectivity index (χ1v) is 4.68. The van der Waals surface area contributed by atoms with E-state index in [-0.39, 0.29) is 5.82 Å². The quantitative estimate of drug-likeness (QED) is 0.811. The Labute approximate surface area is 86.5 Å². The van der Waals surface area contributed by atoms with Crippen molar-refractivity contribution in [2.75, 3.05) is 5.73 Å². The number of halogens is 1. The van der Waals surface area contributed by atoms with Gasteiger partial charge in [0, 0.05) is 0 Å². The molecule has 5 heteroatoms. The van der Waals surface area contributed by atoms with Gasteiger partial charge in [-0.05, 0) is 24.6 Å². The molecule has 78 valence electrons. The van der Waals surface area contributed by atoms with Crippen molar-refractivity contribution in [2.24, 2.45) is 0 Å². The van der Waals surface area contributed by atoms with Crippen LogP contribution in [0.5, 0.6) is 0 Å². The van der Waals surface area contributed by atoms with E-state index < -0.39 is 0 Å². The van der Waals surface area contributed by atoms with Crippen LogP contribution in [0.4, 0.5) is 10.2 Å². The van der Waals surface area contributed by atoms with E-state index in [0.29, 0.717) is 17.9 Å². The Hall–Kier alpha value is -1.91. The van der Waals surface area contributed by atoms with Gasteiger partial charge in [-0.25, -0.2) is 4.39 Å². The summed E-state index contributed by atoms with van der Waals surface area (Å²) in [6.07, 6.45) is 0.709. The van der Waals surface area contributed by atoms with Crippen molar-refractivity contribution in [3.05, 3.63) is 35.8 Å². The highest BCUT2D eigenvalue weighted by Gasteiger charge is 2.09. The molecular formula is C10H11FN4. The summed E-state index contributed by atoms with van der Waals surface area (Å²) >= 11 is 0. The molecule has 0 fully saturated rings. The van der Waals surface area contributed by atoms with E-state index in [1.165, 1.54) is 16.8 Å². The Morgan fingerprint density at radius 3 is 2.87 bits per heavy atom. The molecule has 1 aromatic heterocycles. The van der Waals surface area contributed by atoms with Crippen LogP contribution in [0.2, 0.25) is 0 Å². The summed E-state index contributed by atoms with van der Waals surface area (Å²) < 4.78 is 14.4. The molecule has 0 atom stereocenters. The SMILES string of the molecule is CCc1nnn(-c2cccc(F)c2)c1N. The Morgan fingerprint density at radius 1 is 1.47 bits per heavy atom. The highest BCUT2D eigenvalue weighted by Crippen LogP contribution is 2.15. The van der Waals surface area contributed by atoms with Gasteiger partial charge >= 0.3 is 0 Å². The average molecular weight is 206 g/mol. The molecule has 2 aromatic rings. The summed E-state index contributed by atoms with van der Waals surface area (Å²) in [6, 6.07) is 6.08. The van der Waals surface area contributed by atoms with E-state index in [1.807, 2.05) is 6.92 Å². The van der Waals surface area contributed by atoms with Crippen molar-refractivity contribution in [3.63, 3.8) is 0 Å². The Kier molecular flexibility index (Phi) is 2.37. The number of rotatable bonds is 2. The van der Waals surface area contributed by atoms with Gasteiger partial charge in [0.25, 0.3) is 0 Å². The molecule has 0 spiro atoms. The van der Waals surface area contributed by atoms with Crippen molar-refractivity contribution >= 4 is 5.82 Å². The minimum absolute atomic E-state index is 0.319. The lowest BCUT2D eigenvalue weighted by Gasteiger charge is -2.02. The summed E-state index contributed by atoms with van der Waals surface area (Å²) in [5.74, 6) is 0.142. The first-order valence-electron chi connectivity index (χ1n) is 4.68. The number of nitrogens with zero attached hydrogens (tertiary/aromatic N) is 3. The van der Waals surface area contributed by atoms with Crippen molar-refractivity contribution < 1.29 is 4.39 Å². The van der Waals surface area contributed by atoms with Crippen LogP contribution < -0.4 is 5.73 Å². The maximum Gasteiger partial charge on any atom is 0.151 e. The molecule has 0 saturated carbocycles. The molecule has 15 heavy (non-hydrogen) atoms. The molecule has 0 radical (unpaired) electrons. The van der Waals surface area contributed by atoms with Gasteiger partial charge in [0.1, 0.15) is 11.5 Å². The van der Waals surface area contributed by atoms with Crippen molar-refractivity contribution in [1.29, 1.82) is 0 Å². The molecule has 0 aliphatic rings. The summed E-state index contributed by atoms with van der Waals surface area (Å²) in [5, 5.41) is 7.78. The third kappa shape index (κ3) is 1.68. The first-order chi connectivity index (χ1) is 7.22. The van der Waals surface area contributed by atoms with Crippen LogP contribution in [0.15, 0.2) is 24.3 Å². The molecule has 1 heterocycles. The summed E-state index contributed by atoms with van der Waals surface area (Å²) in [7, 11) is 0. The van der Waals surface area contributed by atoms with Crippen molar-refractivity contribution in [1.82, 2.24) is 15.0 Å². The standard InChI is InChI=1S/C10H11FN4/c1-2-9-10(12)15(14-13-9)8-5-3-4-7(11)6-8/h3-6H,2,12H2,1H3. The van der Waals surface area contributed by atoms with Gasteiger partial charge in [-0.1, -0.05) is 18.2 Å². The van der Waals surface area contributed by atoms with E-state index in [9.17, 15) is 4.39 Å². The number of anilines is 1. The fraction of sp³-hybridized carbons (Fsp3) is 0.200. The van der Waals surface area contributed by atoms with Gasteiger partial charge in [-0.3, -0.25) is 0 Å². The fourth-order valence-electron chi connectivity index (χ4n) is 1.37. The monoisotopic (exact) mass is 206 g/mol. The maximum absolute atomic E-state index is 13.0. The summed E-state index contributed by atoms with van der Waals surface area (Å²) in [6.45, 7) is 1.94. The van der Waals surface area contributed by atoms with Crippen LogP contribution in [0.25, 0.3) is 5.69 Å². The van der Waals surface area contributed by atoms with Crippen LogP contribution in [-0.4, -0.2) is 15.0 Å². The minimum Gasteiger partial charge on any atom is -0.382 e. The van der Waals surface area contributed by atoms with Crippen molar-refractivity contribution in [2.45, 2.75) is 13.3 Å². The highest BCUT2D eigenvalue weighted by atomic mass is 19.1. The molecule has 0 aliphatic heterocycles. The Balaban J connectivity index is 2.49. The zero-order valence-electron chi connectivity index (χ0n) is 8.31. The second kappa shape index (κ2) is 3.68. The number of hydrogen-bond donors (Lipinski definition) is 1. The van der Waals surface area contributed by atoms with Crippen LogP contribution in [0.3, 0.4) is 0 Å². The highest BCUT2D eigenvalue weighted by molar-refractivity contribution is 5.44. The molecule has 0 unspecified atom stereocenters. The van der Waals surface area contributed by atoms with Crippen molar-refractivity contribution in [3.8, 4) is 5.69 Å². The van der Waals surface area contributed by atoms with Gasteiger partial charge in [0.15, 0.2) is 5.82 Å². The van der Waals surface area contributed by atoms with E-state index in [0.717, 1.165) is 5.69 Å². The number of nitrogens with two attached hydrogens (primary N) is 1. The molecule has 4 nitrogen and oxygen atoms in total. The zero-order chi connectivity index (χ0) is 10.8.